The molecule has 0 aromatic heterocycles. The van der Waals surface area contributed by atoms with Gasteiger partial charge in [0.05, 0.1) is 13.2 Å². The lowest BCUT2D eigenvalue weighted by atomic mass is 10.0. The standard InChI is InChI=1S/C14H21NO2/c1-16-10-12-3-2-4-13(9-12)17-11-14(5-6-14)7-8-15/h2-4,9H,5-8,10-11,15H2,1H3. The van der Waals surface area contributed by atoms with Crippen molar-refractivity contribution in [2.24, 2.45) is 11.1 Å². The summed E-state index contributed by atoms with van der Waals surface area (Å²) in [5.41, 5.74) is 7.13. The van der Waals surface area contributed by atoms with Crippen molar-refractivity contribution in [1.29, 1.82) is 0 Å². The molecule has 17 heavy (non-hydrogen) atoms. The summed E-state index contributed by atoms with van der Waals surface area (Å²) >= 11 is 0. The van der Waals surface area contributed by atoms with E-state index in [-0.39, 0.29) is 0 Å². The van der Waals surface area contributed by atoms with Crippen LogP contribution in [0.1, 0.15) is 24.8 Å². The average molecular weight is 235 g/mol. The van der Waals surface area contributed by atoms with Crippen LogP contribution in [0.3, 0.4) is 0 Å². The molecule has 0 bridgehead atoms. The van der Waals surface area contributed by atoms with Crippen molar-refractivity contribution in [3.8, 4) is 5.75 Å². The van der Waals surface area contributed by atoms with Crippen LogP contribution in [0.15, 0.2) is 24.3 Å². The molecule has 1 fully saturated rings. The molecule has 1 aromatic carbocycles. The number of nitrogens with two attached hydrogens (primary N) is 1. The van der Waals surface area contributed by atoms with Gasteiger partial charge in [0.1, 0.15) is 5.75 Å². The van der Waals surface area contributed by atoms with Crippen molar-refractivity contribution in [3.05, 3.63) is 29.8 Å². The Labute approximate surface area is 103 Å². The molecular weight excluding hydrogens is 214 g/mol. The molecule has 94 valence electrons. The first-order valence-electron chi connectivity index (χ1n) is 6.19. The largest absolute Gasteiger partial charge is 0.493 e. The molecule has 3 nitrogen and oxygen atoms in total. The summed E-state index contributed by atoms with van der Waals surface area (Å²) in [6.07, 6.45) is 3.58. The Morgan fingerprint density at radius 3 is 2.82 bits per heavy atom. The van der Waals surface area contributed by atoms with E-state index in [4.69, 9.17) is 15.2 Å². The monoisotopic (exact) mass is 235 g/mol. The van der Waals surface area contributed by atoms with Crippen LogP contribution < -0.4 is 10.5 Å². The predicted molar refractivity (Wildman–Crippen MR) is 68.0 cm³/mol. The van der Waals surface area contributed by atoms with E-state index < -0.39 is 0 Å². The second-order valence-electron chi connectivity index (χ2n) is 4.91. The lowest BCUT2D eigenvalue weighted by Crippen LogP contribution is -2.17. The molecule has 0 amide bonds. The minimum Gasteiger partial charge on any atom is -0.493 e. The van der Waals surface area contributed by atoms with Crippen molar-refractivity contribution in [1.82, 2.24) is 0 Å². The zero-order valence-corrected chi connectivity index (χ0v) is 10.4. The molecule has 0 saturated heterocycles. The number of benzene rings is 1. The minimum absolute atomic E-state index is 0.367. The maximum absolute atomic E-state index is 5.86. The van der Waals surface area contributed by atoms with Gasteiger partial charge in [-0.15, -0.1) is 0 Å². The number of rotatable bonds is 7. The highest BCUT2D eigenvalue weighted by molar-refractivity contribution is 5.28. The Morgan fingerprint density at radius 2 is 2.18 bits per heavy atom. The van der Waals surface area contributed by atoms with Crippen LogP contribution in [0.5, 0.6) is 5.75 Å². The summed E-state index contributed by atoms with van der Waals surface area (Å²) in [5.74, 6) is 0.933. The number of ether oxygens (including phenoxy) is 2. The third-order valence-electron chi connectivity index (χ3n) is 3.39. The number of hydrogen-bond donors (Lipinski definition) is 1. The summed E-state index contributed by atoms with van der Waals surface area (Å²) < 4.78 is 11.0. The lowest BCUT2D eigenvalue weighted by molar-refractivity contribution is 0.183. The molecule has 0 aliphatic heterocycles. The van der Waals surface area contributed by atoms with Gasteiger partial charge in [0.2, 0.25) is 0 Å². The van der Waals surface area contributed by atoms with E-state index in [9.17, 15) is 0 Å². The van der Waals surface area contributed by atoms with Crippen LogP contribution in [0.25, 0.3) is 0 Å². The molecule has 2 rings (SSSR count). The highest BCUT2D eigenvalue weighted by Gasteiger charge is 2.42. The topological polar surface area (TPSA) is 44.5 Å². The van der Waals surface area contributed by atoms with Crippen LogP contribution in [-0.4, -0.2) is 20.3 Å². The van der Waals surface area contributed by atoms with Crippen molar-refractivity contribution in [2.75, 3.05) is 20.3 Å². The van der Waals surface area contributed by atoms with E-state index in [0.717, 1.165) is 30.9 Å². The third-order valence-corrected chi connectivity index (χ3v) is 3.39. The molecule has 1 aliphatic rings. The number of hydrogen-bond acceptors (Lipinski definition) is 3. The molecule has 1 saturated carbocycles. The highest BCUT2D eigenvalue weighted by Crippen LogP contribution is 2.48. The quantitative estimate of drug-likeness (QED) is 0.789. The number of methoxy groups -OCH3 is 1. The summed E-state index contributed by atoms with van der Waals surface area (Å²) in [4.78, 5) is 0. The first-order chi connectivity index (χ1) is 8.28. The first kappa shape index (κ1) is 12.4. The van der Waals surface area contributed by atoms with Crippen LogP contribution in [0, 0.1) is 5.41 Å². The van der Waals surface area contributed by atoms with Crippen molar-refractivity contribution < 1.29 is 9.47 Å². The van der Waals surface area contributed by atoms with Gasteiger partial charge in [-0.2, -0.15) is 0 Å². The van der Waals surface area contributed by atoms with Gasteiger partial charge in [-0.3, -0.25) is 0 Å². The average Bonchev–Trinajstić information content (AvgIpc) is 3.09. The van der Waals surface area contributed by atoms with Gasteiger partial charge in [0.15, 0.2) is 0 Å². The molecule has 0 unspecified atom stereocenters. The second-order valence-corrected chi connectivity index (χ2v) is 4.91. The summed E-state index contributed by atoms with van der Waals surface area (Å²) in [6.45, 7) is 2.18. The fourth-order valence-corrected chi connectivity index (χ4v) is 2.08. The van der Waals surface area contributed by atoms with Gasteiger partial charge in [0, 0.05) is 12.5 Å². The molecule has 0 radical (unpaired) electrons. The third kappa shape index (κ3) is 3.45. The van der Waals surface area contributed by atoms with Crippen LogP contribution in [0.4, 0.5) is 0 Å². The Balaban J connectivity index is 1.88. The summed E-state index contributed by atoms with van der Waals surface area (Å²) in [6, 6.07) is 8.09. The molecule has 1 aliphatic carbocycles. The molecule has 0 atom stereocenters. The fraction of sp³-hybridized carbons (Fsp3) is 0.571. The van der Waals surface area contributed by atoms with E-state index in [1.165, 1.54) is 12.8 Å². The molecule has 0 spiro atoms. The van der Waals surface area contributed by atoms with Crippen LogP contribution >= 0.6 is 0 Å². The Bertz CT molecular complexity index is 361. The fourth-order valence-electron chi connectivity index (χ4n) is 2.08. The predicted octanol–water partition coefficient (Wildman–Crippen LogP) is 2.34. The van der Waals surface area contributed by atoms with Crippen LogP contribution in [0.2, 0.25) is 0 Å². The van der Waals surface area contributed by atoms with Crippen molar-refractivity contribution in [2.45, 2.75) is 25.9 Å². The Morgan fingerprint density at radius 1 is 1.35 bits per heavy atom. The zero-order valence-electron chi connectivity index (χ0n) is 10.4. The zero-order chi connectivity index (χ0) is 12.1. The van der Waals surface area contributed by atoms with E-state index in [0.29, 0.717) is 12.0 Å². The summed E-state index contributed by atoms with van der Waals surface area (Å²) in [5, 5.41) is 0. The van der Waals surface area contributed by atoms with Gasteiger partial charge in [-0.05, 0) is 43.5 Å². The van der Waals surface area contributed by atoms with Gasteiger partial charge < -0.3 is 15.2 Å². The van der Waals surface area contributed by atoms with Gasteiger partial charge in [-0.25, -0.2) is 0 Å². The second kappa shape index (κ2) is 5.52. The molecule has 1 aromatic rings. The van der Waals surface area contributed by atoms with Gasteiger partial charge in [0.25, 0.3) is 0 Å². The van der Waals surface area contributed by atoms with E-state index >= 15 is 0 Å². The molecular formula is C14H21NO2. The van der Waals surface area contributed by atoms with Gasteiger partial charge in [-0.1, -0.05) is 12.1 Å². The maximum Gasteiger partial charge on any atom is 0.119 e. The first-order valence-corrected chi connectivity index (χ1v) is 6.19. The highest BCUT2D eigenvalue weighted by atomic mass is 16.5. The van der Waals surface area contributed by atoms with E-state index in [2.05, 4.69) is 0 Å². The minimum atomic E-state index is 0.367. The molecule has 3 heteroatoms. The van der Waals surface area contributed by atoms with Gasteiger partial charge >= 0.3 is 0 Å². The Kier molecular flexibility index (Phi) is 4.02. The van der Waals surface area contributed by atoms with E-state index in [1.54, 1.807) is 7.11 Å². The maximum atomic E-state index is 5.86. The van der Waals surface area contributed by atoms with E-state index in [1.807, 2.05) is 24.3 Å². The van der Waals surface area contributed by atoms with Crippen molar-refractivity contribution >= 4 is 0 Å². The lowest BCUT2D eigenvalue weighted by Gasteiger charge is -2.15. The van der Waals surface area contributed by atoms with Crippen LogP contribution in [-0.2, 0) is 11.3 Å². The smallest absolute Gasteiger partial charge is 0.119 e. The Hall–Kier alpha value is -1.06. The normalized spacial score (nSPS) is 16.8. The molecule has 2 N–H and O–H groups in total. The molecule has 0 heterocycles. The summed E-state index contributed by atoms with van der Waals surface area (Å²) in [7, 11) is 1.70. The SMILES string of the molecule is COCc1cccc(OCC2(CCN)CC2)c1. The van der Waals surface area contributed by atoms with Crippen molar-refractivity contribution in [3.63, 3.8) is 0 Å².